The van der Waals surface area contributed by atoms with Gasteiger partial charge in [0.25, 0.3) is 0 Å². The smallest absolute Gasteiger partial charge is 0.0318 e. The van der Waals surface area contributed by atoms with Gasteiger partial charge in [-0.15, -0.1) is 0 Å². The van der Waals surface area contributed by atoms with E-state index in [1.54, 1.807) is 0 Å². The summed E-state index contributed by atoms with van der Waals surface area (Å²) in [5.41, 5.74) is 1.73. The van der Waals surface area contributed by atoms with E-state index < -0.39 is 0 Å². The highest BCUT2D eigenvalue weighted by molar-refractivity contribution is 9.10. The SMILES string of the molecule is CCC(NCC(C)C(C)(C)C)c1cccc(Br)c1. The Hall–Kier alpha value is -0.340. The number of halogens is 1. The van der Waals surface area contributed by atoms with Gasteiger partial charge in [-0.2, -0.15) is 0 Å². The molecule has 2 atom stereocenters. The minimum absolute atomic E-state index is 0.364. The minimum atomic E-state index is 0.364. The van der Waals surface area contributed by atoms with E-state index in [2.05, 4.69) is 80.1 Å². The Kier molecular flexibility index (Phi) is 5.87. The largest absolute Gasteiger partial charge is 0.310 e. The molecule has 0 aromatic heterocycles. The summed E-state index contributed by atoms with van der Waals surface area (Å²) >= 11 is 3.54. The number of rotatable bonds is 5. The quantitative estimate of drug-likeness (QED) is 0.790. The van der Waals surface area contributed by atoms with Crippen molar-refractivity contribution in [2.45, 2.75) is 47.1 Å². The van der Waals surface area contributed by atoms with Gasteiger partial charge in [0, 0.05) is 10.5 Å². The highest BCUT2D eigenvalue weighted by Gasteiger charge is 2.20. The van der Waals surface area contributed by atoms with Gasteiger partial charge in [-0.05, 0) is 42.0 Å². The summed E-state index contributed by atoms with van der Waals surface area (Å²) in [5, 5.41) is 3.70. The first-order valence-electron chi connectivity index (χ1n) is 6.83. The molecule has 2 heteroatoms. The van der Waals surface area contributed by atoms with Crippen LogP contribution in [0.25, 0.3) is 0 Å². The Morgan fingerprint density at radius 1 is 1.28 bits per heavy atom. The third-order valence-corrected chi connectivity index (χ3v) is 4.30. The van der Waals surface area contributed by atoms with Crippen molar-refractivity contribution < 1.29 is 0 Å². The zero-order valence-electron chi connectivity index (χ0n) is 12.3. The molecule has 0 amide bonds. The van der Waals surface area contributed by atoms with Crippen LogP contribution in [0.15, 0.2) is 28.7 Å². The monoisotopic (exact) mass is 311 g/mol. The van der Waals surface area contributed by atoms with Crippen LogP contribution >= 0.6 is 15.9 Å². The maximum absolute atomic E-state index is 3.70. The molecular weight excluding hydrogens is 286 g/mol. The first kappa shape index (κ1) is 15.7. The molecule has 0 heterocycles. The molecule has 1 nitrogen and oxygen atoms in total. The lowest BCUT2D eigenvalue weighted by atomic mass is 9.82. The molecule has 1 aromatic rings. The lowest BCUT2D eigenvalue weighted by Crippen LogP contribution is -2.32. The maximum atomic E-state index is 3.70. The number of benzene rings is 1. The van der Waals surface area contributed by atoms with Crippen molar-refractivity contribution in [3.63, 3.8) is 0 Å². The van der Waals surface area contributed by atoms with Crippen LogP contribution in [0.5, 0.6) is 0 Å². The molecule has 0 aliphatic carbocycles. The lowest BCUT2D eigenvalue weighted by Gasteiger charge is -2.29. The van der Waals surface area contributed by atoms with Crippen molar-refractivity contribution in [1.82, 2.24) is 5.32 Å². The predicted octanol–water partition coefficient (Wildman–Crippen LogP) is 5.17. The molecule has 0 bridgehead atoms. The van der Waals surface area contributed by atoms with Crippen LogP contribution in [0.4, 0.5) is 0 Å². The fourth-order valence-electron chi connectivity index (χ4n) is 1.85. The summed E-state index contributed by atoms with van der Waals surface area (Å²) in [6, 6.07) is 9.05. The van der Waals surface area contributed by atoms with E-state index >= 15 is 0 Å². The van der Waals surface area contributed by atoms with E-state index in [0.29, 0.717) is 17.4 Å². The first-order chi connectivity index (χ1) is 8.34. The lowest BCUT2D eigenvalue weighted by molar-refractivity contribution is 0.244. The average Bonchev–Trinajstić information content (AvgIpc) is 2.28. The number of hydrogen-bond donors (Lipinski definition) is 1. The molecule has 18 heavy (non-hydrogen) atoms. The zero-order chi connectivity index (χ0) is 13.8. The van der Waals surface area contributed by atoms with E-state index in [1.165, 1.54) is 5.56 Å². The Labute approximate surface area is 120 Å². The van der Waals surface area contributed by atoms with E-state index in [1.807, 2.05) is 0 Å². The van der Waals surface area contributed by atoms with Gasteiger partial charge in [0.15, 0.2) is 0 Å². The van der Waals surface area contributed by atoms with Crippen molar-refractivity contribution in [2.24, 2.45) is 11.3 Å². The van der Waals surface area contributed by atoms with E-state index in [9.17, 15) is 0 Å². The third-order valence-electron chi connectivity index (χ3n) is 3.81. The summed E-state index contributed by atoms with van der Waals surface area (Å²) in [6.07, 6.45) is 1.12. The fourth-order valence-corrected chi connectivity index (χ4v) is 2.26. The maximum Gasteiger partial charge on any atom is 0.0318 e. The van der Waals surface area contributed by atoms with Crippen molar-refractivity contribution >= 4 is 15.9 Å². The summed E-state index contributed by atoms with van der Waals surface area (Å²) < 4.78 is 1.16. The summed E-state index contributed by atoms with van der Waals surface area (Å²) in [7, 11) is 0. The van der Waals surface area contributed by atoms with Gasteiger partial charge < -0.3 is 5.32 Å². The molecule has 0 radical (unpaired) electrons. The molecule has 0 fully saturated rings. The molecule has 0 aliphatic rings. The second-order valence-corrected chi connectivity index (χ2v) is 7.11. The van der Waals surface area contributed by atoms with Gasteiger partial charge in [-0.25, -0.2) is 0 Å². The van der Waals surface area contributed by atoms with Crippen LogP contribution in [-0.4, -0.2) is 6.54 Å². The van der Waals surface area contributed by atoms with Crippen LogP contribution in [0.1, 0.15) is 52.6 Å². The Balaban J connectivity index is 2.63. The molecule has 0 aliphatic heterocycles. The highest BCUT2D eigenvalue weighted by Crippen LogP contribution is 2.26. The molecular formula is C16H26BrN. The normalized spacial score (nSPS) is 15.4. The second kappa shape index (κ2) is 6.72. The van der Waals surface area contributed by atoms with Crippen molar-refractivity contribution in [3.8, 4) is 0 Å². The van der Waals surface area contributed by atoms with Crippen LogP contribution in [0.3, 0.4) is 0 Å². The first-order valence-corrected chi connectivity index (χ1v) is 7.62. The number of nitrogens with one attached hydrogen (secondary N) is 1. The van der Waals surface area contributed by atoms with Crippen molar-refractivity contribution in [3.05, 3.63) is 34.3 Å². The molecule has 0 spiro atoms. The van der Waals surface area contributed by atoms with Crippen molar-refractivity contribution in [1.29, 1.82) is 0 Å². The van der Waals surface area contributed by atoms with Gasteiger partial charge in [-0.3, -0.25) is 0 Å². The predicted molar refractivity (Wildman–Crippen MR) is 83.8 cm³/mol. The van der Waals surface area contributed by atoms with E-state index in [-0.39, 0.29) is 0 Å². The topological polar surface area (TPSA) is 12.0 Å². The Morgan fingerprint density at radius 3 is 2.44 bits per heavy atom. The van der Waals surface area contributed by atoms with E-state index in [4.69, 9.17) is 0 Å². The molecule has 1 aromatic carbocycles. The van der Waals surface area contributed by atoms with Crippen LogP contribution < -0.4 is 5.32 Å². The molecule has 2 unspecified atom stereocenters. The van der Waals surface area contributed by atoms with Gasteiger partial charge in [0.2, 0.25) is 0 Å². The molecule has 102 valence electrons. The van der Waals surface area contributed by atoms with Crippen LogP contribution in [0.2, 0.25) is 0 Å². The summed E-state index contributed by atoms with van der Waals surface area (Å²) in [5.74, 6) is 0.665. The zero-order valence-corrected chi connectivity index (χ0v) is 13.8. The van der Waals surface area contributed by atoms with Crippen LogP contribution in [-0.2, 0) is 0 Å². The van der Waals surface area contributed by atoms with E-state index in [0.717, 1.165) is 17.4 Å². The Bertz CT molecular complexity index is 368. The van der Waals surface area contributed by atoms with Gasteiger partial charge >= 0.3 is 0 Å². The molecule has 1 rings (SSSR count). The highest BCUT2D eigenvalue weighted by atomic mass is 79.9. The summed E-state index contributed by atoms with van der Waals surface area (Å²) in [6.45, 7) is 12.5. The van der Waals surface area contributed by atoms with Gasteiger partial charge in [0.05, 0.1) is 0 Å². The fraction of sp³-hybridized carbons (Fsp3) is 0.625. The molecule has 0 saturated carbocycles. The Morgan fingerprint density at radius 2 is 1.94 bits per heavy atom. The number of hydrogen-bond acceptors (Lipinski definition) is 1. The van der Waals surface area contributed by atoms with Crippen LogP contribution in [0, 0.1) is 11.3 Å². The van der Waals surface area contributed by atoms with Gasteiger partial charge in [0.1, 0.15) is 0 Å². The minimum Gasteiger partial charge on any atom is -0.310 e. The molecule has 0 saturated heterocycles. The molecule has 1 N–H and O–H groups in total. The van der Waals surface area contributed by atoms with Crippen molar-refractivity contribution in [2.75, 3.05) is 6.54 Å². The average molecular weight is 312 g/mol. The third kappa shape index (κ3) is 4.74. The standard InChI is InChI=1S/C16H26BrN/c1-6-15(13-8-7-9-14(17)10-13)18-11-12(2)16(3,4)5/h7-10,12,15,18H,6,11H2,1-5H3. The van der Waals surface area contributed by atoms with Gasteiger partial charge in [-0.1, -0.05) is 62.7 Å². The second-order valence-electron chi connectivity index (χ2n) is 6.19. The summed E-state index contributed by atoms with van der Waals surface area (Å²) in [4.78, 5) is 0.